The van der Waals surface area contributed by atoms with E-state index < -0.39 is 0 Å². The maximum atomic E-state index is 12.6. The van der Waals surface area contributed by atoms with E-state index in [1.165, 1.54) is 58.0 Å². The summed E-state index contributed by atoms with van der Waals surface area (Å²) in [6.07, 6.45) is 11.2. The molecule has 1 aliphatic carbocycles. The molecule has 3 rings (SSSR count). The van der Waals surface area contributed by atoms with Crippen LogP contribution in [0.2, 0.25) is 0 Å². The predicted molar refractivity (Wildman–Crippen MR) is 76.9 cm³/mol. The first-order valence-corrected chi connectivity index (χ1v) is 8.29. The van der Waals surface area contributed by atoms with Gasteiger partial charge in [-0.2, -0.15) is 0 Å². The van der Waals surface area contributed by atoms with Crippen LogP contribution in [0.15, 0.2) is 0 Å². The van der Waals surface area contributed by atoms with Crippen molar-refractivity contribution < 1.29 is 4.79 Å². The minimum atomic E-state index is 0.346. The van der Waals surface area contributed by atoms with Gasteiger partial charge < -0.3 is 10.2 Å². The monoisotopic (exact) mass is 264 g/mol. The van der Waals surface area contributed by atoms with E-state index in [1.807, 2.05) is 0 Å². The Bertz CT molecular complexity index is 305. The van der Waals surface area contributed by atoms with Crippen molar-refractivity contribution in [2.24, 2.45) is 11.3 Å². The molecule has 3 nitrogen and oxygen atoms in total. The van der Waals surface area contributed by atoms with Gasteiger partial charge in [0.1, 0.15) is 0 Å². The Hall–Kier alpha value is -0.570. The zero-order valence-corrected chi connectivity index (χ0v) is 12.1. The number of nitrogens with zero attached hydrogens (tertiary/aromatic N) is 1. The number of carbonyl (C=O) groups excluding carboxylic acids is 1. The van der Waals surface area contributed by atoms with E-state index in [4.69, 9.17) is 0 Å². The first-order chi connectivity index (χ1) is 9.29. The van der Waals surface area contributed by atoms with Crippen LogP contribution in [-0.2, 0) is 4.79 Å². The van der Waals surface area contributed by atoms with Crippen LogP contribution in [-0.4, -0.2) is 37.0 Å². The number of rotatable bonds is 1. The van der Waals surface area contributed by atoms with Crippen molar-refractivity contribution in [1.29, 1.82) is 0 Å². The molecule has 0 unspecified atom stereocenters. The standard InChI is InChI=1S/C16H28N2O/c19-15(14-5-3-1-2-4-6-14)18-11-8-16(9-12-18)7-10-17-13-16/h14,17H,1-13H2. The van der Waals surface area contributed by atoms with Gasteiger partial charge in [-0.25, -0.2) is 0 Å². The van der Waals surface area contributed by atoms with Gasteiger partial charge in [0, 0.05) is 25.6 Å². The first kappa shape index (κ1) is 13.4. The highest BCUT2D eigenvalue weighted by Gasteiger charge is 2.39. The molecule has 1 N–H and O–H groups in total. The van der Waals surface area contributed by atoms with Crippen molar-refractivity contribution >= 4 is 5.91 Å². The van der Waals surface area contributed by atoms with Gasteiger partial charge in [0.05, 0.1) is 0 Å². The lowest BCUT2D eigenvalue weighted by Gasteiger charge is -2.40. The van der Waals surface area contributed by atoms with Crippen molar-refractivity contribution in [2.45, 2.75) is 57.8 Å². The number of piperidine rings is 1. The molecule has 108 valence electrons. The van der Waals surface area contributed by atoms with Gasteiger partial charge in [-0.1, -0.05) is 25.7 Å². The van der Waals surface area contributed by atoms with Crippen LogP contribution < -0.4 is 5.32 Å². The highest BCUT2D eigenvalue weighted by Crippen LogP contribution is 2.37. The van der Waals surface area contributed by atoms with Crippen LogP contribution in [0.4, 0.5) is 0 Å². The van der Waals surface area contributed by atoms with Crippen molar-refractivity contribution in [1.82, 2.24) is 10.2 Å². The van der Waals surface area contributed by atoms with Crippen LogP contribution in [0.1, 0.15) is 57.8 Å². The molecule has 0 atom stereocenters. The van der Waals surface area contributed by atoms with Gasteiger partial charge in [-0.05, 0) is 44.1 Å². The molecule has 0 bridgehead atoms. The average molecular weight is 264 g/mol. The normalized spacial score (nSPS) is 28.5. The van der Waals surface area contributed by atoms with E-state index in [0.717, 1.165) is 25.9 Å². The van der Waals surface area contributed by atoms with Crippen LogP contribution >= 0.6 is 0 Å². The molecule has 1 amide bonds. The summed E-state index contributed by atoms with van der Waals surface area (Å²) in [7, 11) is 0. The molecular formula is C16H28N2O. The Kier molecular flexibility index (Phi) is 4.11. The van der Waals surface area contributed by atoms with E-state index in [1.54, 1.807) is 0 Å². The minimum Gasteiger partial charge on any atom is -0.342 e. The molecule has 0 aromatic heterocycles. The summed E-state index contributed by atoms with van der Waals surface area (Å²) in [5.41, 5.74) is 0.528. The van der Waals surface area contributed by atoms with Gasteiger partial charge >= 0.3 is 0 Å². The Labute approximate surface area is 117 Å². The van der Waals surface area contributed by atoms with Gasteiger partial charge in [0.2, 0.25) is 5.91 Å². The first-order valence-electron chi connectivity index (χ1n) is 8.29. The fourth-order valence-corrected chi connectivity index (χ4v) is 4.21. The zero-order valence-electron chi connectivity index (χ0n) is 12.1. The van der Waals surface area contributed by atoms with Gasteiger partial charge in [-0.3, -0.25) is 4.79 Å². The van der Waals surface area contributed by atoms with Crippen LogP contribution in [0, 0.1) is 11.3 Å². The minimum absolute atomic E-state index is 0.346. The van der Waals surface area contributed by atoms with E-state index >= 15 is 0 Å². The van der Waals surface area contributed by atoms with E-state index in [9.17, 15) is 4.79 Å². The summed E-state index contributed by atoms with van der Waals surface area (Å²) in [5.74, 6) is 0.820. The van der Waals surface area contributed by atoms with Crippen molar-refractivity contribution in [3.8, 4) is 0 Å². The Morgan fingerprint density at radius 2 is 1.68 bits per heavy atom. The Balaban J connectivity index is 1.53. The maximum absolute atomic E-state index is 12.6. The smallest absolute Gasteiger partial charge is 0.225 e. The molecule has 0 radical (unpaired) electrons. The molecule has 1 spiro atoms. The number of hydrogen-bond acceptors (Lipinski definition) is 2. The molecule has 0 aromatic carbocycles. The molecule has 3 heteroatoms. The van der Waals surface area contributed by atoms with E-state index in [2.05, 4.69) is 10.2 Å². The lowest BCUT2D eigenvalue weighted by molar-refractivity contribution is -0.138. The number of amides is 1. The molecule has 2 heterocycles. The second kappa shape index (κ2) is 5.82. The average Bonchev–Trinajstić information content (AvgIpc) is 2.73. The van der Waals surface area contributed by atoms with E-state index in [-0.39, 0.29) is 0 Å². The van der Waals surface area contributed by atoms with Crippen LogP contribution in [0.25, 0.3) is 0 Å². The lowest BCUT2D eigenvalue weighted by Crippen LogP contribution is -2.46. The summed E-state index contributed by atoms with van der Waals surface area (Å²) in [4.78, 5) is 14.8. The molecule has 1 saturated carbocycles. The fraction of sp³-hybridized carbons (Fsp3) is 0.938. The fourth-order valence-electron chi connectivity index (χ4n) is 4.21. The maximum Gasteiger partial charge on any atom is 0.225 e. The molecule has 2 saturated heterocycles. The topological polar surface area (TPSA) is 32.3 Å². The highest BCUT2D eigenvalue weighted by atomic mass is 16.2. The zero-order chi connectivity index (χ0) is 13.1. The van der Waals surface area contributed by atoms with Crippen molar-refractivity contribution in [3.63, 3.8) is 0 Å². The number of hydrogen-bond donors (Lipinski definition) is 1. The van der Waals surface area contributed by atoms with Crippen LogP contribution in [0.3, 0.4) is 0 Å². The predicted octanol–water partition coefficient (Wildman–Crippen LogP) is 2.56. The molecule has 19 heavy (non-hydrogen) atoms. The molecule has 2 aliphatic heterocycles. The molecule has 3 fully saturated rings. The Morgan fingerprint density at radius 1 is 1.00 bits per heavy atom. The van der Waals surface area contributed by atoms with Gasteiger partial charge in [0.25, 0.3) is 0 Å². The largest absolute Gasteiger partial charge is 0.342 e. The van der Waals surface area contributed by atoms with Crippen molar-refractivity contribution in [2.75, 3.05) is 26.2 Å². The third-order valence-corrected chi connectivity index (χ3v) is 5.67. The third-order valence-electron chi connectivity index (χ3n) is 5.67. The molecule has 0 aromatic rings. The second-order valence-electron chi connectivity index (χ2n) is 6.94. The summed E-state index contributed by atoms with van der Waals surface area (Å²) < 4.78 is 0. The number of nitrogens with one attached hydrogen (secondary N) is 1. The third kappa shape index (κ3) is 2.96. The molecular weight excluding hydrogens is 236 g/mol. The summed E-state index contributed by atoms with van der Waals surface area (Å²) in [5, 5.41) is 3.50. The van der Waals surface area contributed by atoms with Crippen LogP contribution in [0.5, 0.6) is 0 Å². The summed E-state index contributed by atoms with van der Waals surface area (Å²) in [6.45, 7) is 4.38. The SMILES string of the molecule is O=C(C1CCCCCC1)N1CCC2(CCNC2)CC1. The quantitative estimate of drug-likeness (QED) is 0.738. The van der Waals surface area contributed by atoms with Gasteiger partial charge in [0.15, 0.2) is 0 Å². The lowest BCUT2D eigenvalue weighted by atomic mass is 9.77. The van der Waals surface area contributed by atoms with Crippen molar-refractivity contribution in [3.05, 3.63) is 0 Å². The number of carbonyl (C=O) groups is 1. The second-order valence-corrected chi connectivity index (χ2v) is 6.94. The summed E-state index contributed by atoms with van der Waals surface area (Å²) in [6, 6.07) is 0. The highest BCUT2D eigenvalue weighted by molar-refractivity contribution is 5.79. The van der Waals surface area contributed by atoms with Gasteiger partial charge in [-0.15, -0.1) is 0 Å². The Morgan fingerprint density at radius 3 is 2.26 bits per heavy atom. The summed E-state index contributed by atoms with van der Waals surface area (Å²) >= 11 is 0. The van der Waals surface area contributed by atoms with E-state index in [0.29, 0.717) is 17.2 Å². The molecule has 3 aliphatic rings. The number of likely N-dealkylation sites (tertiary alicyclic amines) is 1.